The molecule has 0 amide bonds. The van der Waals surface area contributed by atoms with Crippen LogP contribution >= 0.6 is 0 Å². The topological polar surface area (TPSA) is 37.3 Å². The van der Waals surface area contributed by atoms with Gasteiger partial charge >= 0.3 is 0 Å². The van der Waals surface area contributed by atoms with Gasteiger partial charge in [-0.05, 0) is 37.7 Å². The predicted molar refractivity (Wildman–Crippen MR) is 72.7 cm³/mol. The van der Waals surface area contributed by atoms with Gasteiger partial charge in [-0.15, -0.1) is 0 Å². The van der Waals surface area contributed by atoms with Gasteiger partial charge in [0.25, 0.3) is 0 Å². The van der Waals surface area contributed by atoms with E-state index in [1.807, 2.05) is 38.1 Å². The zero-order chi connectivity index (χ0) is 13.2. The van der Waals surface area contributed by atoms with Crippen molar-refractivity contribution in [1.82, 2.24) is 0 Å². The van der Waals surface area contributed by atoms with Crippen LogP contribution in [0.15, 0.2) is 24.3 Å². The maximum atomic E-state index is 12.4. The van der Waals surface area contributed by atoms with Crippen LogP contribution in [-0.4, -0.2) is 16.5 Å². The van der Waals surface area contributed by atoms with E-state index < -0.39 is 5.60 Å². The van der Waals surface area contributed by atoms with Gasteiger partial charge in [-0.25, -0.2) is 0 Å². The SMILES string of the molecule is CCC(O)(CC)CC1CCc2ccccc2C1=O. The third-order valence-electron chi connectivity index (χ3n) is 4.36. The van der Waals surface area contributed by atoms with Gasteiger partial charge in [0.1, 0.15) is 0 Å². The molecule has 1 aliphatic carbocycles. The molecule has 2 nitrogen and oxygen atoms in total. The highest BCUT2D eigenvalue weighted by Gasteiger charge is 2.33. The molecular formula is C16H22O2. The second kappa shape index (κ2) is 5.23. The molecule has 0 fully saturated rings. The van der Waals surface area contributed by atoms with Gasteiger partial charge in [-0.1, -0.05) is 38.1 Å². The van der Waals surface area contributed by atoms with Crippen molar-refractivity contribution in [2.75, 3.05) is 0 Å². The molecule has 2 heteroatoms. The van der Waals surface area contributed by atoms with E-state index in [4.69, 9.17) is 0 Å². The molecule has 18 heavy (non-hydrogen) atoms. The van der Waals surface area contributed by atoms with Crippen LogP contribution in [-0.2, 0) is 6.42 Å². The van der Waals surface area contributed by atoms with Crippen molar-refractivity contribution in [3.8, 4) is 0 Å². The number of benzene rings is 1. The molecule has 0 spiro atoms. The Labute approximate surface area is 109 Å². The third kappa shape index (κ3) is 2.49. The molecule has 0 bridgehead atoms. The summed E-state index contributed by atoms with van der Waals surface area (Å²) in [6.45, 7) is 3.98. The monoisotopic (exact) mass is 246 g/mol. The second-order valence-electron chi connectivity index (χ2n) is 5.39. The first-order valence-electron chi connectivity index (χ1n) is 6.94. The Kier molecular flexibility index (Phi) is 3.86. The number of aryl methyl sites for hydroxylation is 1. The fourth-order valence-electron chi connectivity index (χ4n) is 2.85. The molecule has 0 aliphatic heterocycles. The Balaban J connectivity index is 2.17. The van der Waals surface area contributed by atoms with Crippen molar-refractivity contribution in [3.63, 3.8) is 0 Å². The smallest absolute Gasteiger partial charge is 0.166 e. The van der Waals surface area contributed by atoms with Crippen molar-refractivity contribution >= 4 is 5.78 Å². The number of carbonyl (C=O) groups is 1. The number of Topliss-reactive ketones (excluding diaryl/α,β-unsaturated/α-hetero) is 1. The summed E-state index contributed by atoms with van der Waals surface area (Å²) in [5.74, 6) is 0.210. The van der Waals surface area contributed by atoms with Crippen LogP contribution in [0.1, 0.15) is 55.5 Å². The zero-order valence-electron chi connectivity index (χ0n) is 11.3. The fourth-order valence-corrected chi connectivity index (χ4v) is 2.85. The number of fused-ring (bicyclic) bond motifs is 1. The third-order valence-corrected chi connectivity index (χ3v) is 4.36. The van der Waals surface area contributed by atoms with Crippen molar-refractivity contribution < 1.29 is 9.90 Å². The molecular weight excluding hydrogens is 224 g/mol. The number of rotatable bonds is 4. The molecule has 1 aromatic rings. The first-order chi connectivity index (χ1) is 8.59. The minimum atomic E-state index is -0.674. The van der Waals surface area contributed by atoms with Crippen LogP contribution in [0.4, 0.5) is 0 Å². The van der Waals surface area contributed by atoms with Crippen LogP contribution < -0.4 is 0 Å². The summed E-state index contributed by atoms with van der Waals surface area (Å²) in [5, 5.41) is 10.4. The molecule has 0 heterocycles. The molecule has 0 radical (unpaired) electrons. The van der Waals surface area contributed by atoms with Gasteiger partial charge in [-0.2, -0.15) is 0 Å². The average molecular weight is 246 g/mol. The van der Waals surface area contributed by atoms with E-state index in [2.05, 4.69) is 0 Å². The lowest BCUT2D eigenvalue weighted by Gasteiger charge is -2.32. The summed E-state index contributed by atoms with van der Waals surface area (Å²) < 4.78 is 0. The number of ketones is 1. The van der Waals surface area contributed by atoms with Crippen molar-refractivity contribution in [2.45, 2.75) is 51.6 Å². The van der Waals surface area contributed by atoms with E-state index in [1.54, 1.807) is 0 Å². The van der Waals surface area contributed by atoms with Gasteiger partial charge in [0, 0.05) is 11.5 Å². The van der Waals surface area contributed by atoms with Gasteiger partial charge in [0.05, 0.1) is 5.60 Å². The standard InChI is InChI=1S/C16H22O2/c1-3-16(18,4-2)11-13-10-9-12-7-5-6-8-14(12)15(13)17/h5-8,13,18H,3-4,9-11H2,1-2H3. The molecule has 1 unspecified atom stereocenters. The number of carbonyl (C=O) groups excluding carboxylic acids is 1. The normalized spacial score (nSPS) is 19.7. The van der Waals surface area contributed by atoms with Gasteiger partial charge in [0.2, 0.25) is 0 Å². The van der Waals surface area contributed by atoms with Crippen LogP contribution in [0, 0.1) is 5.92 Å². The largest absolute Gasteiger partial charge is 0.390 e. The average Bonchev–Trinajstić information content (AvgIpc) is 2.42. The van der Waals surface area contributed by atoms with Crippen LogP contribution in [0.3, 0.4) is 0 Å². The van der Waals surface area contributed by atoms with Crippen molar-refractivity contribution in [2.24, 2.45) is 5.92 Å². The van der Waals surface area contributed by atoms with Gasteiger partial charge in [0.15, 0.2) is 5.78 Å². The van der Waals surface area contributed by atoms with Crippen molar-refractivity contribution in [3.05, 3.63) is 35.4 Å². The maximum absolute atomic E-state index is 12.4. The van der Waals surface area contributed by atoms with Crippen LogP contribution in [0.25, 0.3) is 0 Å². The molecule has 2 rings (SSSR count). The Morgan fingerprint density at radius 3 is 2.61 bits per heavy atom. The van der Waals surface area contributed by atoms with Crippen LogP contribution in [0.2, 0.25) is 0 Å². The minimum absolute atomic E-state index is 0.00944. The summed E-state index contributed by atoms with van der Waals surface area (Å²) in [5.41, 5.74) is 1.35. The lowest BCUT2D eigenvalue weighted by Crippen LogP contribution is -2.34. The highest BCUT2D eigenvalue weighted by molar-refractivity contribution is 6.00. The van der Waals surface area contributed by atoms with Crippen LogP contribution in [0.5, 0.6) is 0 Å². The molecule has 1 atom stereocenters. The summed E-state index contributed by atoms with van der Waals surface area (Å²) in [7, 11) is 0. The molecule has 98 valence electrons. The lowest BCUT2D eigenvalue weighted by molar-refractivity contribution is 0.00719. The Morgan fingerprint density at radius 2 is 1.94 bits per heavy atom. The molecule has 1 aliphatic rings. The maximum Gasteiger partial charge on any atom is 0.166 e. The minimum Gasteiger partial charge on any atom is -0.390 e. The van der Waals surface area contributed by atoms with E-state index in [9.17, 15) is 9.90 Å². The molecule has 0 saturated heterocycles. The Morgan fingerprint density at radius 1 is 1.28 bits per heavy atom. The van der Waals surface area contributed by atoms with E-state index >= 15 is 0 Å². The Hall–Kier alpha value is -1.15. The van der Waals surface area contributed by atoms with Crippen molar-refractivity contribution in [1.29, 1.82) is 0 Å². The van der Waals surface area contributed by atoms with Gasteiger partial charge < -0.3 is 5.11 Å². The second-order valence-corrected chi connectivity index (χ2v) is 5.39. The van der Waals surface area contributed by atoms with Gasteiger partial charge in [-0.3, -0.25) is 4.79 Å². The van der Waals surface area contributed by atoms with E-state index in [1.165, 1.54) is 0 Å². The fraction of sp³-hybridized carbons (Fsp3) is 0.562. The first-order valence-corrected chi connectivity index (χ1v) is 6.94. The van der Waals surface area contributed by atoms with E-state index in [0.717, 1.165) is 36.8 Å². The lowest BCUT2D eigenvalue weighted by atomic mass is 9.76. The molecule has 1 N–H and O–H groups in total. The molecule has 0 aromatic heterocycles. The predicted octanol–water partition coefficient (Wildman–Crippen LogP) is 3.37. The summed E-state index contributed by atoms with van der Waals surface area (Å²) in [4.78, 5) is 12.4. The number of hydrogen-bond donors (Lipinski definition) is 1. The zero-order valence-corrected chi connectivity index (χ0v) is 11.3. The number of hydrogen-bond acceptors (Lipinski definition) is 2. The first kappa shape index (κ1) is 13.3. The number of aliphatic hydroxyl groups is 1. The Bertz CT molecular complexity index is 432. The summed E-state index contributed by atoms with van der Waals surface area (Å²) in [6, 6.07) is 7.86. The molecule has 1 aromatic carbocycles. The summed E-state index contributed by atoms with van der Waals surface area (Å²) in [6.07, 6.45) is 3.87. The molecule has 0 saturated carbocycles. The van der Waals surface area contributed by atoms with E-state index in [-0.39, 0.29) is 11.7 Å². The highest BCUT2D eigenvalue weighted by atomic mass is 16.3. The highest BCUT2D eigenvalue weighted by Crippen LogP contribution is 2.33. The summed E-state index contributed by atoms with van der Waals surface area (Å²) >= 11 is 0. The van der Waals surface area contributed by atoms with E-state index in [0.29, 0.717) is 6.42 Å². The quantitative estimate of drug-likeness (QED) is 0.884.